The summed E-state index contributed by atoms with van der Waals surface area (Å²) in [6, 6.07) is 2.20. The number of nitrogens with one attached hydrogen (secondary N) is 2. The fourth-order valence-corrected chi connectivity index (χ4v) is 3.17. The number of amides is 1. The van der Waals surface area contributed by atoms with E-state index in [0.717, 1.165) is 4.47 Å². The van der Waals surface area contributed by atoms with Gasteiger partial charge in [0.05, 0.1) is 6.54 Å². The summed E-state index contributed by atoms with van der Waals surface area (Å²) < 4.78 is 1.10. The quantitative estimate of drug-likeness (QED) is 0.895. The van der Waals surface area contributed by atoms with Crippen molar-refractivity contribution in [3.05, 3.63) is 20.8 Å². The third-order valence-electron chi connectivity index (χ3n) is 2.12. The maximum atomic E-state index is 11.6. The zero-order valence-electron chi connectivity index (χ0n) is 10.6. The SMILES string of the molecule is CC(NCC(=O)NC(C)(C)C)c1sccc1Br. The van der Waals surface area contributed by atoms with Crippen LogP contribution in [0.25, 0.3) is 0 Å². The van der Waals surface area contributed by atoms with E-state index >= 15 is 0 Å². The van der Waals surface area contributed by atoms with Gasteiger partial charge in [0.1, 0.15) is 0 Å². The van der Waals surface area contributed by atoms with Crippen molar-refractivity contribution in [1.29, 1.82) is 0 Å². The summed E-state index contributed by atoms with van der Waals surface area (Å²) in [6.45, 7) is 8.32. The van der Waals surface area contributed by atoms with Gasteiger partial charge < -0.3 is 10.6 Å². The van der Waals surface area contributed by atoms with E-state index in [9.17, 15) is 4.79 Å². The molecule has 1 rings (SSSR count). The van der Waals surface area contributed by atoms with Crippen LogP contribution in [0.3, 0.4) is 0 Å². The van der Waals surface area contributed by atoms with Gasteiger partial charge in [0.2, 0.25) is 5.91 Å². The van der Waals surface area contributed by atoms with Crippen molar-refractivity contribution >= 4 is 33.2 Å². The van der Waals surface area contributed by atoms with Crippen molar-refractivity contribution < 1.29 is 4.79 Å². The summed E-state index contributed by atoms with van der Waals surface area (Å²) in [7, 11) is 0. The Morgan fingerprint density at radius 1 is 1.53 bits per heavy atom. The van der Waals surface area contributed by atoms with Gasteiger partial charge in [0.25, 0.3) is 0 Å². The van der Waals surface area contributed by atoms with E-state index in [-0.39, 0.29) is 17.5 Å². The molecule has 1 aromatic heterocycles. The smallest absolute Gasteiger partial charge is 0.234 e. The molecule has 0 aliphatic heterocycles. The lowest BCUT2D eigenvalue weighted by molar-refractivity contribution is -0.121. The minimum atomic E-state index is -0.175. The largest absolute Gasteiger partial charge is 0.350 e. The minimum Gasteiger partial charge on any atom is -0.350 e. The molecule has 1 amide bonds. The molecule has 0 aliphatic carbocycles. The van der Waals surface area contributed by atoms with Crippen LogP contribution in [0.5, 0.6) is 0 Å². The standard InChI is InChI=1S/C12H19BrN2OS/c1-8(11-9(13)5-6-17-11)14-7-10(16)15-12(2,3)4/h5-6,8,14H,7H2,1-4H3,(H,15,16). The van der Waals surface area contributed by atoms with E-state index in [1.165, 1.54) is 4.88 Å². The van der Waals surface area contributed by atoms with Crippen LogP contribution in [0.2, 0.25) is 0 Å². The molecular weight excluding hydrogens is 300 g/mol. The highest BCUT2D eigenvalue weighted by molar-refractivity contribution is 9.10. The topological polar surface area (TPSA) is 41.1 Å². The Morgan fingerprint density at radius 2 is 2.18 bits per heavy atom. The van der Waals surface area contributed by atoms with Crippen LogP contribution in [-0.4, -0.2) is 18.0 Å². The third kappa shape index (κ3) is 5.19. The van der Waals surface area contributed by atoms with Crippen molar-refractivity contribution in [1.82, 2.24) is 10.6 Å². The zero-order valence-corrected chi connectivity index (χ0v) is 13.0. The Hall–Kier alpha value is -0.390. The summed E-state index contributed by atoms with van der Waals surface area (Å²) in [5.74, 6) is 0.0250. The zero-order chi connectivity index (χ0) is 13.1. The van der Waals surface area contributed by atoms with Crippen molar-refractivity contribution in [2.45, 2.75) is 39.3 Å². The summed E-state index contributed by atoms with van der Waals surface area (Å²) in [4.78, 5) is 12.9. The molecule has 0 aliphatic rings. The molecule has 17 heavy (non-hydrogen) atoms. The van der Waals surface area contributed by atoms with Crippen molar-refractivity contribution in [3.8, 4) is 0 Å². The number of hydrogen-bond acceptors (Lipinski definition) is 3. The van der Waals surface area contributed by atoms with Gasteiger partial charge in [0.15, 0.2) is 0 Å². The number of hydrogen-bond donors (Lipinski definition) is 2. The molecule has 1 atom stereocenters. The fraction of sp³-hybridized carbons (Fsp3) is 0.583. The first-order chi connectivity index (χ1) is 7.79. The Balaban J connectivity index is 2.41. The van der Waals surface area contributed by atoms with Gasteiger partial charge in [-0.25, -0.2) is 0 Å². The van der Waals surface area contributed by atoms with Gasteiger partial charge in [0, 0.05) is 20.9 Å². The highest BCUT2D eigenvalue weighted by Gasteiger charge is 2.15. The van der Waals surface area contributed by atoms with Crippen LogP contribution in [-0.2, 0) is 4.79 Å². The maximum Gasteiger partial charge on any atom is 0.234 e. The average molecular weight is 319 g/mol. The van der Waals surface area contributed by atoms with Crippen LogP contribution in [0.1, 0.15) is 38.6 Å². The van der Waals surface area contributed by atoms with Gasteiger partial charge in [-0.3, -0.25) is 4.79 Å². The second-order valence-corrected chi connectivity index (χ2v) is 6.84. The predicted molar refractivity (Wildman–Crippen MR) is 76.3 cm³/mol. The summed E-state index contributed by atoms with van der Waals surface area (Å²) >= 11 is 5.17. The second-order valence-electron chi connectivity index (χ2n) is 5.03. The Bertz CT molecular complexity index is 384. The highest BCUT2D eigenvalue weighted by Crippen LogP contribution is 2.28. The molecule has 0 fully saturated rings. The molecule has 2 N–H and O–H groups in total. The number of carbonyl (C=O) groups excluding carboxylic acids is 1. The molecule has 0 aromatic carbocycles. The molecule has 3 nitrogen and oxygen atoms in total. The minimum absolute atomic E-state index is 0.0250. The van der Waals surface area contributed by atoms with E-state index in [0.29, 0.717) is 6.54 Å². The monoisotopic (exact) mass is 318 g/mol. The van der Waals surface area contributed by atoms with Crippen molar-refractivity contribution in [3.63, 3.8) is 0 Å². The molecule has 0 saturated heterocycles. The molecule has 96 valence electrons. The van der Waals surface area contributed by atoms with Crippen LogP contribution >= 0.6 is 27.3 Å². The first-order valence-corrected chi connectivity index (χ1v) is 7.24. The Morgan fingerprint density at radius 3 is 2.65 bits per heavy atom. The van der Waals surface area contributed by atoms with Crippen molar-refractivity contribution in [2.75, 3.05) is 6.54 Å². The molecule has 1 unspecified atom stereocenters. The second kappa shape index (κ2) is 5.98. The number of rotatable bonds is 4. The van der Waals surface area contributed by atoms with Gasteiger partial charge in [-0.15, -0.1) is 11.3 Å². The molecular formula is C12H19BrN2OS. The van der Waals surface area contributed by atoms with Gasteiger partial charge in [-0.05, 0) is 55.1 Å². The van der Waals surface area contributed by atoms with E-state index in [2.05, 4.69) is 33.5 Å². The van der Waals surface area contributed by atoms with Crippen LogP contribution in [0, 0.1) is 0 Å². The summed E-state index contributed by atoms with van der Waals surface area (Å²) in [5.41, 5.74) is -0.175. The fourth-order valence-electron chi connectivity index (χ4n) is 1.42. The third-order valence-corrected chi connectivity index (χ3v) is 4.17. The van der Waals surface area contributed by atoms with E-state index in [1.54, 1.807) is 11.3 Å². The molecule has 0 radical (unpaired) electrons. The molecule has 0 bridgehead atoms. The van der Waals surface area contributed by atoms with Gasteiger partial charge >= 0.3 is 0 Å². The molecule has 5 heteroatoms. The van der Waals surface area contributed by atoms with E-state index in [1.807, 2.05) is 32.2 Å². The molecule has 1 aromatic rings. The highest BCUT2D eigenvalue weighted by atomic mass is 79.9. The van der Waals surface area contributed by atoms with Crippen molar-refractivity contribution in [2.24, 2.45) is 0 Å². The lowest BCUT2D eigenvalue weighted by Gasteiger charge is -2.21. The average Bonchev–Trinajstić information content (AvgIpc) is 2.58. The predicted octanol–water partition coefficient (Wildman–Crippen LogP) is 3.08. The lowest BCUT2D eigenvalue weighted by atomic mass is 10.1. The number of carbonyl (C=O) groups is 1. The van der Waals surface area contributed by atoms with E-state index < -0.39 is 0 Å². The number of halogens is 1. The Kier molecular flexibility index (Phi) is 5.16. The van der Waals surface area contributed by atoms with Gasteiger partial charge in [-0.1, -0.05) is 0 Å². The normalized spacial score (nSPS) is 13.5. The molecule has 1 heterocycles. The Labute approximate surface area is 115 Å². The lowest BCUT2D eigenvalue weighted by Crippen LogP contribution is -2.45. The van der Waals surface area contributed by atoms with Crippen LogP contribution in [0.4, 0.5) is 0 Å². The maximum absolute atomic E-state index is 11.6. The van der Waals surface area contributed by atoms with E-state index in [4.69, 9.17) is 0 Å². The molecule has 0 saturated carbocycles. The first-order valence-electron chi connectivity index (χ1n) is 5.57. The summed E-state index contributed by atoms with van der Waals surface area (Å²) in [6.07, 6.45) is 0. The number of thiophene rings is 1. The van der Waals surface area contributed by atoms with Crippen LogP contribution < -0.4 is 10.6 Å². The summed E-state index contributed by atoms with van der Waals surface area (Å²) in [5, 5.41) is 8.18. The van der Waals surface area contributed by atoms with Gasteiger partial charge in [-0.2, -0.15) is 0 Å². The first kappa shape index (κ1) is 14.7. The van der Waals surface area contributed by atoms with Crippen LogP contribution in [0.15, 0.2) is 15.9 Å². The molecule has 0 spiro atoms.